The van der Waals surface area contributed by atoms with Crippen LogP contribution in [-0.4, -0.2) is 41.1 Å². The summed E-state index contributed by atoms with van der Waals surface area (Å²) in [7, 11) is -6.25. The Morgan fingerprint density at radius 1 is 1.03 bits per heavy atom. The molecule has 0 aliphatic carbocycles. The molecule has 0 heterocycles. The normalized spacial score (nSPS) is 14.3. The van der Waals surface area contributed by atoms with E-state index < -0.39 is 36.6 Å². The van der Waals surface area contributed by atoms with Crippen molar-refractivity contribution in [1.82, 2.24) is 0 Å². The topological polar surface area (TPSA) is 81.7 Å². The first-order chi connectivity index (χ1) is 15.7. The maximum absolute atomic E-state index is 13.1. The van der Waals surface area contributed by atoms with Crippen LogP contribution in [0.5, 0.6) is 0 Å². The fraction of sp³-hybridized carbons (Fsp3) is 0.423. The lowest BCUT2D eigenvalue weighted by molar-refractivity contribution is -0.114. The van der Waals surface area contributed by atoms with Gasteiger partial charge >= 0.3 is 0 Å². The van der Waals surface area contributed by atoms with Gasteiger partial charge in [-0.3, -0.25) is 8.98 Å². The van der Waals surface area contributed by atoms with Gasteiger partial charge < -0.3 is 9.74 Å². The molecule has 186 valence electrons. The van der Waals surface area contributed by atoms with Crippen LogP contribution < -0.4 is 5.32 Å². The van der Waals surface area contributed by atoms with Gasteiger partial charge in [-0.1, -0.05) is 75.9 Å². The number of benzene rings is 2. The molecule has 0 saturated heterocycles. The molecule has 0 bridgehead atoms. The first-order valence-corrected chi connectivity index (χ1v) is 16.1. The SMILES string of the molecule is C=C(C(=O)Nc1ccccc1)[C@H](OS(C)(=O)=O)[C@@H](CCc1ccccc1)O[Si](C)(C)C(C)(C)C. The number of aryl methyl sites for hydroxylation is 1. The molecular weight excluding hydrogens is 466 g/mol. The lowest BCUT2D eigenvalue weighted by atomic mass is 9.99. The number of rotatable bonds is 11. The average molecular weight is 504 g/mol. The minimum Gasteiger partial charge on any atom is -0.411 e. The zero-order chi connectivity index (χ0) is 25.6. The molecule has 0 aliphatic heterocycles. The van der Waals surface area contributed by atoms with Crippen molar-refractivity contribution < 1.29 is 21.8 Å². The molecule has 2 aromatic rings. The van der Waals surface area contributed by atoms with Gasteiger partial charge in [0.1, 0.15) is 6.10 Å². The Balaban J connectivity index is 2.39. The van der Waals surface area contributed by atoms with Gasteiger partial charge in [-0.25, -0.2) is 0 Å². The van der Waals surface area contributed by atoms with Gasteiger partial charge in [0.15, 0.2) is 8.32 Å². The summed E-state index contributed by atoms with van der Waals surface area (Å²) in [4.78, 5) is 13.1. The predicted molar refractivity (Wildman–Crippen MR) is 141 cm³/mol. The molecule has 1 amide bonds. The van der Waals surface area contributed by atoms with Crippen molar-refractivity contribution in [2.75, 3.05) is 11.6 Å². The van der Waals surface area contributed by atoms with Crippen LogP contribution >= 0.6 is 0 Å². The fourth-order valence-corrected chi connectivity index (χ4v) is 5.14. The number of carbonyl (C=O) groups is 1. The third-order valence-corrected chi connectivity index (χ3v) is 11.2. The van der Waals surface area contributed by atoms with Crippen LogP contribution in [0.2, 0.25) is 18.1 Å². The summed E-state index contributed by atoms with van der Waals surface area (Å²) in [6, 6.07) is 18.8. The first-order valence-electron chi connectivity index (χ1n) is 11.3. The van der Waals surface area contributed by atoms with Crippen molar-refractivity contribution in [1.29, 1.82) is 0 Å². The van der Waals surface area contributed by atoms with E-state index in [4.69, 9.17) is 8.61 Å². The molecule has 0 aromatic heterocycles. The number of para-hydroxylation sites is 1. The van der Waals surface area contributed by atoms with Crippen LogP contribution in [-0.2, 0) is 29.9 Å². The van der Waals surface area contributed by atoms with Crippen LogP contribution in [0.3, 0.4) is 0 Å². The molecule has 2 rings (SSSR count). The Morgan fingerprint density at radius 3 is 2.06 bits per heavy atom. The summed E-state index contributed by atoms with van der Waals surface area (Å²) in [6.45, 7) is 14.4. The van der Waals surface area contributed by atoms with Crippen molar-refractivity contribution in [2.45, 2.75) is 64.0 Å². The number of hydrogen-bond donors (Lipinski definition) is 1. The van der Waals surface area contributed by atoms with Crippen molar-refractivity contribution >= 4 is 30.0 Å². The Bertz CT molecular complexity index is 1060. The van der Waals surface area contributed by atoms with Crippen LogP contribution in [0, 0.1) is 0 Å². The summed E-state index contributed by atoms with van der Waals surface area (Å²) < 4.78 is 36.6. The van der Waals surface area contributed by atoms with E-state index in [0.29, 0.717) is 18.5 Å². The summed E-state index contributed by atoms with van der Waals surface area (Å²) in [6.07, 6.45) is 0.246. The van der Waals surface area contributed by atoms with E-state index in [1.165, 1.54) is 0 Å². The second-order valence-corrected chi connectivity index (χ2v) is 16.4. The Hall–Kier alpha value is -2.26. The molecule has 34 heavy (non-hydrogen) atoms. The quantitative estimate of drug-likeness (QED) is 0.247. The maximum Gasteiger partial charge on any atom is 0.265 e. The summed E-state index contributed by atoms with van der Waals surface area (Å²) >= 11 is 0. The molecule has 0 spiro atoms. The second-order valence-electron chi connectivity index (χ2n) is 10.0. The third kappa shape index (κ3) is 8.50. The molecule has 1 N–H and O–H groups in total. The molecule has 2 atom stereocenters. The minimum atomic E-state index is -3.90. The minimum absolute atomic E-state index is 0.00560. The average Bonchev–Trinajstić information content (AvgIpc) is 2.74. The van der Waals surface area contributed by atoms with Gasteiger partial charge in [-0.15, -0.1) is 0 Å². The fourth-order valence-electron chi connectivity index (χ4n) is 3.18. The maximum atomic E-state index is 13.1. The molecule has 0 radical (unpaired) electrons. The van der Waals surface area contributed by atoms with Gasteiger partial charge in [0.25, 0.3) is 16.0 Å². The van der Waals surface area contributed by atoms with Crippen molar-refractivity contribution in [3.63, 3.8) is 0 Å². The highest BCUT2D eigenvalue weighted by molar-refractivity contribution is 7.86. The third-order valence-electron chi connectivity index (χ3n) is 6.10. The van der Waals surface area contributed by atoms with Crippen molar-refractivity contribution in [2.24, 2.45) is 0 Å². The van der Waals surface area contributed by atoms with Crippen molar-refractivity contribution in [3.05, 3.63) is 78.4 Å². The molecule has 2 aromatic carbocycles. The molecule has 6 nitrogen and oxygen atoms in total. The van der Waals surface area contributed by atoms with E-state index in [-0.39, 0.29) is 10.6 Å². The second kappa shape index (κ2) is 11.4. The Labute approximate surface area is 205 Å². The number of hydrogen-bond acceptors (Lipinski definition) is 5. The lowest BCUT2D eigenvalue weighted by Gasteiger charge is -2.41. The zero-order valence-electron chi connectivity index (χ0n) is 21.0. The van der Waals surface area contributed by atoms with Crippen LogP contribution in [0.4, 0.5) is 5.69 Å². The largest absolute Gasteiger partial charge is 0.411 e. The van der Waals surface area contributed by atoms with E-state index >= 15 is 0 Å². The van der Waals surface area contributed by atoms with Gasteiger partial charge in [-0.2, -0.15) is 8.42 Å². The summed E-state index contributed by atoms with van der Waals surface area (Å²) in [5.41, 5.74) is 1.67. The van der Waals surface area contributed by atoms with E-state index in [2.05, 4.69) is 45.8 Å². The van der Waals surface area contributed by atoms with E-state index in [1.54, 1.807) is 24.3 Å². The summed E-state index contributed by atoms with van der Waals surface area (Å²) in [5, 5.41) is 2.65. The van der Waals surface area contributed by atoms with Crippen LogP contribution in [0.15, 0.2) is 72.8 Å². The van der Waals surface area contributed by atoms with Gasteiger partial charge in [0, 0.05) is 11.3 Å². The van der Waals surface area contributed by atoms with Gasteiger partial charge in [-0.05, 0) is 48.7 Å². The summed E-state index contributed by atoms with van der Waals surface area (Å²) in [5.74, 6) is -0.511. The van der Waals surface area contributed by atoms with Crippen molar-refractivity contribution in [3.8, 4) is 0 Å². The molecular formula is C26H37NO5SSi. The highest BCUT2D eigenvalue weighted by Crippen LogP contribution is 2.39. The molecule has 8 heteroatoms. The predicted octanol–water partition coefficient (Wildman–Crippen LogP) is 5.55. The number of carbonyl (C=O) groups excluding carboxylic acids is 1. The lowest BCUT2D eigenvalue weighted by Crippen LogP contribution is -2.49. The number of nitrogens with one attached hydrogen (secondary N) is 1. The van der Waals surface area contributed by atoms with E-state index in [1.807, 2.05) is 36.4 Å². The first kappa shape index (κ1) is 28.0. The number of amides is 1. The van der Waals surface area contributed by atoms with Gasteiger partial charge in [0.05, 0.1) is 12.4 Å². The molecule has 0 saturated carbocycles. The smallest absolute Gasteiger partial charge is 0.265 e. The molecule has 0 unspecified atom stereocenters. The molecule has 0 aliphatic rings. The van der Waals surface area contributed by atoms with Crippen LogP contribution in [0.1, 0.15) is 32.8 Å². The van der Waals surface area contributed by atoms with E-state index in [0.717, 1.165) is 11.8 Å². The Kier molecular flexibility index (Phi) is 9.42. The molecule has 0 fully saturated rings. The van der Waals surface area contributed by atoms with E-state index in [9.17, 15) is 13.2 Å². The highest BCUT2D eigenvalue weighted by atomic mass is 32.2. The number of anilines is 1. The zero-order valence-corrected chi connectivity index (χ0v) is 22.8. The highest BCUT2D eigenvalue weighted by Gasteiger charge is 2.43. The van der Waals surface area contributed by atoms with Gasteiger partial charge in [0.2, 0.25) is 0 Å². The monoisotopic (exact) mass is 503 g/mol. The standard InChI is InChI=1S/C26H37NO5SSi/c1-20(25(28)27-22-16-12-9-13-17-22)24(31-33(5,29)30)23(32-34(6,7)26(2,3)4)19-18-21-14-10-8-11-15-21/h8-17,23-24H,1,18-19H2,2-7H3,(H,27,28)/t23-,24+/m1/s1. The Morgan fingerprint density at radius 2 is 1.56 bits per heavy atom. The van der Waals surface area contributed by atoms with Crippen LogP contribution in [0.25, 0.3) is 0 Å².